The fourth-order valence-electron chi connectivity index (χ4n) is 2.66. The van der Waals surface area contributed by atoms with Crippen LogP contribution in [0.2, 0.25) is 0 Å². The SMILES string of the molecule is O=c1oc(-c2cccs2)nn1CN1CCN(c2cnccn2)CC1. The second-order valence-corrected chi connectivity index (χ2v) is 6.41. The van der Waals surface area contributed by atoms with E-state index in [-0.39, 0.29) is 0 Å². The van der Waals surface area contributed by atoms with E-state index in [1.54, 1.807) is 18.6 Å². The summed E-state index contributed by atoms with van der Waals surface area (Å²) in [5.41, 5.74) is 0. The van der Waals surface area contributed by atoms with Gasteiger partial charge < -0.3 is 9.32 Å². The van der Waals surface area contributed by atoms with Crippen molar-refractivity contribution in [1.82, 2.24) is 24.6 Å². The van der Waals surface area contributed by atoms with Crippen LogP contribution in [0.5, 0.6) is 0 Å². The number of thiophene rings is 1. The van der Waals surface area contributed by atoms with Gasteiger partial charge in [0.25, 0.3) is 5.89 Å². The highest BCUT2D eigenvalue weighted by Gasteiger charge is 2.20. The highest BCUT2D eigenvalue weighted by molar-refractivity contribution is 7.13. The second-order valence-electron chi connectivity index (χ2n) is 5.46. The van der Waals surface area contributed by atoms with E-state index < -0.39 is 5.76 Å². The largest absolute Gasteiger partial charge is 0.438 e. The minimum atomic E-state index is -0.422. The van der Waals surface area contributed by atoms with Crippen molar-refractivity contribution in [2.24, 2.45) is 0 Å². The molecular formula is C15H16N6O2S. The van der Waals surface area contributed by atoms with Crippen molar-refractivity contribution in [2.45, 2.75) is 6.67 Å². The molecule has 9 heteroatoms. The van der Waals surface area contributed by atoms with Gasteiger partial charge in [0, 0.05) is 38.6 Å². The number of rotatable bonds is 4. The molecule has 124 valence electrons. The van der Waals surface area contributed by atoms with Crippen molar-refractivity contribution < 1.29 is 4.42 Å². The lowest BCUT2D eigenvalue weighted by molar-refractivity contribution is 0.189. The lowest BCUT2D eigenvalue weighted by Gasteiger charge is -2.34. The molecule has 0 N–H and O–H groups in total. The van der Waals surface area contributed by atoms with Crippen molar-refractivity contribution in [1.29, 1.82) is 0 Å². The molecule has 3 aromatic rings. The molecule has 0 aromatic carbocycles. The fraction of sp³-hybridized carbons (Fsp3) is 0.333. The summed E-state index contributed by atoms with van der Waals surface area (Å²) in [6.45, 7) is 3.75. The molecule has 1 aliphatic heterocycles. The summed E-state index contributed by atoms with van der Waals surface area (Å²) < 4.78 is 6.62. The van der Waals surface area contributed by atoms with E-state index in [4.69, 9.17) is 4.42 Å². The molecular weight excluding hydrogens is 328 g/mol. The number of hydrogen-bond donors (Lipinski definition) is 0. The van der Waals surface area contributed by atoms with Crippen LogP contribution in [0.25, 0.3) is 10.8 Å². The molecule has 0 radical (unpaired) electrons. The molecule has 0 saturated carbocycles. The number of aromatic nitrogens is 4. The van der Waals surface area contributed by atoms with Gasteiger partial charge in [0.1, 0.15) is 12.5 Å². The molecule has 0 atom stereocenters. The van der Waals surface area contributed by atoms with Crippen LogP contribution < -0.4 is 10.7 Å². The van der Waals surface area contributed by atoms with Crippen molar-refractivity contribution in [2.75, 3.05) is 31.1 Å². The van der Waals surface area contributed by atoms with Crippen LogP contribution in [0, 0.1) is 0 Å². The highest BCUT2D eigenvalue weighted by Crippen LogP contribution is 2.21. The van der Waals surface area contributed by atoms with Gasteiger partial charge in [0.05, 0.1) is 11.1 Å². The maximum absolute atomic E-state index is 12.0. The minimum absolute atomic E-state index is 0.383. The zero-order valence-electron chi connectivity index (χ0n) is 12.9. The van der Waals surface area contributed by atoms with E-state index in [0.29, 0.717) is 12.6 Å². The molecule has 8 nitrogen and oxygen atoms in total. The summed E-state index contributed by atoms with van der Waals surface area (Å²) in [5, 5.41) is 6.22. The Kier molecular flexibility index (Phi) is 4.09. The molecule has 4 rings (SSSR count). The third-order valence-electron chi connectivity index (χ3n) is 3.92. The first-order valence-corrected chi connectivity index (χ1v) is 8.53. The summed E-state index contributed by atoms with van der Waals surface area (Å²) in [6, 6.07) is 3.80. The van der Waals surface area contributed by atoms with Gasteiger partial charge in [0.2, 0.25) is 0 Å². The summed E-state index contributed by atoms with van der Waals surface area (Å²) in [7, 11) is 0. The molecule has 0 amide bonds. The molecule has 0 bridgehead atoms. The normalized spacial score (nSPS) is 15.8. The van der Waals surface area contributed by atoms with Crippen molar-refractivity contribution in [3.63, 3.8) is 0 Å². The van der Waals surface area contributed by atoms with Crippen LogP contribution in [-0.2, 0) is 6.67 Å². The first-order chi connectivity index (χ1) is 11.8. The quantitative estimate of drug-likeness (QED) is 0.702. The molecule has 1 fully saturated rings. The van der Waals surface area contributed by atoms with E-state index in [2.05, 4.69) is 24.9 Å². The van der Waals surface area contributed by atoms with Gasteiger partial charge >= 0.3 is 5.76 Å². The van der Waals surface area contributed by atoms with Gasteiger partial charge in [-0.15, -0.1) is 16.4 Å². The fourth-order valence-corrected chi connectivity index (χ4v) is 3.30. The molecule has 4 heterocycles. The molecule has 0 unspecified atom stereocenters. The minimum Gasteiger partial charge on any atom is -0.387 e. The van der Waals surface area contributed by atoms with Gasteiger partial charge in [-0.05, 0) is 11.4 Å². The third kappa shape index (κ3) is 3.08. The van der Waals surface area contributed by atoms with Gasteiger partial charge in [-0.1, -0.05) is 6.07 Å². The molecule has 0 spiro atoms. The van der Waals surface area contributed by atoms with E-state index in [9.17, 15) is 4.79 Å². The van der Waals surface area contributed by atoms with Gasteiger partial charge in [0.15, 0.2) is 0 Å². The Hall–Kier alpha value is -2.52. The standard InChI is InChI=1S/C15H16N6O2S/c22-15-21(18-14(23-15)12-2-1-9-24-12)11-19-5-7-20(8-6-19)13-10-16-3-4-17-13/h1-4,9-10H,5-8,11H2. The molecule has 24 heavy (non-hydrogen) atoms. The summed E-state index contributed by atoms with van der Waals surface area (Å²) in [5.74, 6) is 0.846. The Morgan fingerprint density at radius 3 is 2.79 bits per heavy atom. The monoisotopic (exact) mass is 344 g/mol. The van der Waals surface area contributed by atoms with Crippen LogP contribution >= 0.6 is 11.3 Å². The first-order valence-electron chi connectivity index (χ1n) is 7.65. The Morgan fingerprint density at radius 2 is 2.08 bits per heavy atom. The average molecular weight is 344 g/mol. The van der Waals surface area contributed by atoms with Crippen LogP contribution in [-0.4, -0.2) is 50.8 Å². The zero-order valence-corrected chi connectivity index (χ0v) is 13.7. The smallest absolute Gasteiger partial charge is 0.387 e. The van der Waals surface area contributed by atoms with Crippen LogP contribution in [0.4, 0.5) is 5.82 Å². The van der Waals surface area contributed by atoms with Crippen molar-refractivity contribution in [3.8, 4) is 10.8 Å². The lowest BCUT2D eigenvalue weighted by atomic mass is 10.3. The van der Waals surface area contributed by atoms with Crippen LogP contribution in [0.15, 0.2) is 45.3 Å². The predicted molar refractivity (Wildman–Crippen MR) is 89.9 cm³/mol. The van der Waals surface area contributed by atoms with Gasteiger partial charge in [-0.3, -0.25) is 9.88 Å². The third-order valence-corrected chi connectivity index (χ3v) is 4.78. The van der Waals surface area contributed by atoms with Crippen molar-refractivity contribution in [3.05, 3.63) is 46.7 Å². The van der Waals surface area contributed by atoms with Crippen molar-refractivity contribution >= 4 is 17.2 Å². The topological polar surface area (TPSA) is 80.3 Å². The zero-order chi connectivity index (χ0) is 16.4. The summed E-state index contributed by atoms with van der Waals surface area (Å²) in [6.07, 6.45) is 5.13. The number of anilines is 1. The van der Waals surface area contributed by atoms with E-state index >= 15 is 0 Å². The molecule has 0 aliphatic carbocycles. The Morgan fingerprint density at radius 1 is 1.21 bits per heavy atom. The molecule has 1 saturated heterocycles. The van der Waals surface area contributed by atoms with E-state index in [1.807, 2.05) is 17.5 Å². The highest BCUT2D eigenvalue weighted by atomic mass is 32.1. The number of nitrogens with zero attached hydrogens (tertiary/aromatic N) is 6. The van der Waals surface area contributed by atoms with Crippen LogP contribution in [0.3, 0.4) is 0 Å². The van der Waals surface area contributed by atoms with Gasteiger partial charge in [-0.2, -0.15) is 4.68 Å². The first kappa shape index (κ1) is 15.0. The average Bonchev–Trinajstić information content (AvgIpc) is 3.27. The van der Waals surface area contributed by atoms with Gasteiger partial charge in [-0.25, -0.2) is 9.78 Å². The Labute approximate surface area is 142 Å². The predicted octanol–water partition coefficient (Wildman–Crippen LogP) is 1.13. The molecule has 3 aromatic heterocycles. The summed E-state index contributed by atoms with van der Waals surface area (Å²) in [4.78, 5) is 25.6. The number of piperazine rings is 1. The Bertz CT molecular complexity index is 836. The Balaban J connectivity index is 1.40. The summed E-state index contributed by atoms with van der Waals surface area (Å²) >= 11 is 1.50. The van der Waals surface area contributed by atoms with E-state index in [1.165, 1.54) is 16.0 Å². The maximum atomic E-state index is 12.0. The van der Waals surface area contributed by atoms with Crippen LogP contribution in [0.1, 0.15) is 0 Å². The maximum Gasteiger partial charge on any atom is 0.438 e. The van der Waals surface area contributed by atoms with E-state index in [0.717, 1.165) is 36.9 Å². The molecule has 1 aliphatic rings. The lowest BCUT2D eigenvalue weighted by Crippen LogP contribution is -2.48. The number of hydrogen-bond acceptors (Lipinski definition) is 8. The second kappa shape index (κ2) is 6.54.